The average Bonchev–Trinajstić information content (AvgIpc) is 2.41. The van der Waals surface area contributed by atoms with Crippen molar-refractivity contribution in [3.63, 3.8) is 0 Å². The first-order valence-electron chi connectivity index (χ1n) is 6.46. The van der Waals surface area contributed by atoms with E-state index in [1.54, 1.807) is 0 Å². The summed E-state index contributed by atoms with van der Waals surface area (Å²) < 4.78 is 0. The smallest absolute Gasteiger partial charge is 0.0289 e. The Morgan fingerprint density at radius 1 is 0.944 bits per heavy atom. The minimum Gasteiger partial charge on any atom is -0.313 e. The first kappa shape index (κ1) is 12.8. The Balaban J connectivity index is 2.37. The predicted octanol–water partition coefficient (Wildman–Crippen LogP) is 4.25. The van der Waals surface area contributed by atoms with Crippen LogP contribution < -0.4 is 5.32 Å². The van der Waals surface area contributed by atoms with E-state index < -0.39 is 0 Å². The molecule has 2 rings (SSSR count). The van der Waals surface area contributed by atoms with Crippen molar-refractivity contribution in [3.05, 3.63) is 59.2 Å². The van der Waals surface area contributed by atoms with Crippen LogP contribution in [0, 0.1) is 13.8 Å². The highest BCUT2D eigenvalue weighted by atomic mass is 14.8. The molecular formula is C17H21N. The molecule has 18 heavy (non-hydrogen) atoms. The highest BCUT2D eigenvalue weighted by Crippen LogP contribution is 2.25. The van der Waals surface area contributed by atoms with Crippen molar-refractivity contribution >= 4 is 0 Å². The zero-order chi connectivity index (χ0) is 13.1. The molecule has 0 aromatic heterocycles. The predicted molar refractivity (Wildman–Crippen MR) is 78.8 cm³/mol. The molecule has 0 saturated carbocycles. The highest BCUT2D eigenvalue weighted by molar-refractivity contribution is 5.68. The topological polar surface area (TPSA) is 12.0 Å². The minimum absolute atomic E-state index is 0.401. The van der Waals surface area contributed by atoms with Gasteiger partial charge in [0.15, 0.2) is 0 Å². The van der Waals surface area contributed by atoms with E-state index >= 15 is 0 Å². The number of aryl methyl sites for hydroxylation is 2. The summed E-state index contributed by atoms with van der Waals surface area (Å²) in [5.74, 6) is 0. The second-order valence-electron chi connectivity index (χ2n) is 4.95. The molecular weight excluding hydrogens is 218 g/mol. The maximum Gasteiger partial charge on any atom is 0.0289 e. The van der Waals surface area contributed by atoms with Crippen LogP contribution in [0.15, 0.2) is 42.5 Å². The third-order valence-corrected chi connectivity index (χ3v) is 3.55. The van der Waals surface area contributed by atoms with Gasteiger partial charge in [-0.25, -0.2) is 0 Å². The summed E-state index contributed by atoms with van der Waals surface area (Å²) in [7, 11) is 1.99. The third-order valence-electron chi connectivity index (χ3n) is 3.55. The standard InChI is InChI=1S/C17H21N/c1-12-5-6-13(2)17(11-12)16-9-7-15(8-10-16)14(3)18-4/h5-11,14,18H,1-4H3. The van der Waals surface area contributed by atoms with Crippen molar-refractivity contribution in [2.75, 3.05) is 7.05 Å². The zero-order valence-electron chi connectivity index (χ0n) is 11.6. The second kappa shape index (κ2) is 5.36. The quantitative estimate of drug-likeness (QED) is 0.844. The zero-order valence-corrected chi connectivity index (χ0v) is 11.6. The lowest BCUT2D eigenvalue weighted by Crippen LogP contribution is -2.11. The van der Waals surface area contributed by atoms with Crippen molar-refractivity contribution in [3.8, 4) is 11.1 Å². The molecule has 0 aliphatic carbocycles. The maximum atomic E-state index is 3.26. The molecule has 94 valence electrons. The van der Waals surface area contributed by atoms with E-state index in [-0.39, 0.29) is 0 Å². The van der Waals surface area contributed by atoms with E-state index in [0.717, 1.165) is 0 Å². The van der Waals surface area contributed by atoms with Gasteiger partial charge < -0.3 is 5.32 Å². The maximum absolute atomic E-state index is 3.26. The minimum atomic E-state index is 0.401. The summed E-state index contributed by atoms with van der Waals surface area (Å²) >= 11 is 0. The largest absolute Gasteiger partial charge is 0.313 e. The van der Waals surface area contributed by atoms with E-state index in [1.165, 1.54) is 27.8 Å². The summed E-state index contributed by atoms with van der Waals surface area (Å²) in [6.45, 7) is 6.48. The van der Waals surface area contributed by atoms with Crippen molar-refractivity contribution < 1.29 is 0 Å². The fourth-order valence-electron chi connectivity index (χ4n) is 2.16. The lowest BCUT2D eigenvalue weighted by Gasteiger charge is -2.12. The van der Waals surface area contributed by atoms with E-state index in [4.69, 9.17) is 0 Å². The molecule has 1 atom stereocenters. The molecule has 1 heteroatoms. The highest BCUT2D eigenvalue weighted by Gasteiger charge is 2.05. The van der Waals surface area contributed by atoms with Crippen LogP contribution in [-0.4, -0.2) is 7.05 Å². The first-order valence-corrected chi connectivity index (χ1v) is 6.46. The molecule has 0 heterocycles. The number of rotatable bonds is 3. The SMILES string of the molecule is CNC(C)c1ccc(-c2cc(C)ccc2C)cc1. The summed E-state index contributed by atoms with van der Waals surface area (Å²) in [6, 6.07) is 15.8. The molecule has 0 amide bonds. The van der Waals surface area contributed by atoms with Crippen molar-refractivity contribution in [1.82, 2.24) is 5.32 Å². The molecule has 0 fully saturated rings. The Morgan fingerprint density at radius 2 is 1.61 bits per heavy atom. The Hall–Kier alpha value is -1.60. The van der Waals surface area contributed by atoms with E-state index in [1.807, 2.05) is 7.05 Å². The number of hydrogen-bond acceptors (Lipinski definition) is 1. The van der Waals surface area contributed by atoms with Crippen molar-refractivity contribution in [1.29, 1.82) is 0 Å². The summed E-state index contributed by atoms with van der Waals surface area (Å²) in [5.41, 5.74) is 6.59. The van der Waals surface area contributed by atoms with Crippen LogP contribution in [0.1, 0.15) is 29.7 Å². The van der Waals surface area contributed by atoms with Crippen molar-refractivity contribution in [2.24, 2.45) is 0 Å². The molecule has 0 radical (unpaired) electrons. The van der Waals surface area contributed by atoms with Crippen LogP contribution in [0.4, 0.5) is 0 Å². The van der Waals surface area contributed by atoms with Crippen LogP contribution >= 0.6 is 0 Å². The Bertz CT molecular complexity index is 526. The van der Waals surface area contributed by atoms with Gasteiger partial charge in [0.2, 0.25) is 0 Å². The van der Waals surface area contributed by atoms with Gasteiger partial charge in [-0.3, -0.25) is 0 Å². The molecule has 2 aromatic carbocycles. The van der Waals surface area contributed by atoms with Crippen molar-refractivity contribution in [2.45, 2.75) is 26.8 Å². The average molecular weight is 239 g/mol. The number of nitrogens with one attached hydrogen (secondary N) is 1. The van der Waals surface area contributed by atoms with Gasteiger partial charge in [-0.15, -0.1) is 0 Å². The van der Waals surface area contributed by atoms with Crippen LogP contribution in [0.2, 0.25) is 0 Å². The summed E-state index contributed by atoms with van der Waals surface area (Å²) in [4.78, 5) is 0. The van der Waals surface area contributed by atoms with Crippen LogP contribution in [0.25, 0.3) is 11.1 Å². The van der Waals surface area contributed by atoms with Crippen LogP contribution in [0.3, 0.4) is 0 Å². The fourth-order valence-corrected chi connectivity index (χ4v) is 2.16. The monoisotopic (exact) mass is 239 g/mol. The van der Waals surface area contributed by atoms with Crippen LogP contribution in [-0.2, 0) is 0 Å². The Morgan fingerprint density at radius 3 is 2.22 bits per heavy atom. The molecule has 1 nitrogen and oxygen atoms in total. The number of benzene rings is 2. The van der Waals surface area contributed by atoms with Gasteiger partial charge in [0.05, 0.1) is 0 Å². The summed E-state index contributed by atoms with van der Waals surface area (Å²) in [6.07, 6.45) is 0. The van der Waals surface area contributed by atoms with Gasteiger partial charge in [-0.05, 0) is 50.1 Å². The van der Waals surface area contributed by atoms with Crippen LogP contribution in [0.5, 0.6) is 0 Å². The normalized spacial score (nSPS) is 12.4. The van der Waals surface area contributed by atoms with Gasteiger partial charge >= 0.3 is 0 Å². The molecule has 0 aliphatic rings. The van der Waals surface area contributed by atoms with E-state index in [2.05, 4.69) is 68.6 Å². The number of hydrogen-bond donors (Lipinski definition) is 1. The van der Waals surface area contributed by atoms with Gasteiger partial charge in [-0.2, -0.15) is 0 Å². The fraction of sp³-hybridized carbons (Fsp3) is 0.294. The molecule has 0 spiro atoms. The molecule has 0 saturated heterocycles. The van der Waals surface area contributed by atoms with E-state index in [0.29, 0.717) is 6.04 Å². The van der Waals surface area contributed by atoms with Gasteiger partial charge in [0, 0.05) is 6.04 Å². The third kappa shape index (κ3) is 2.62. The second-order valence-corrected chi connectivity index (χ2v) is 4.95. The first-order chi connectivity index (χ1) is 8.61. The lowest BCUT2D eigenvalue weighted by atomic mass is 9.96. The molecule has 0 aliphatic heterocycles. The molecule has 1 unspecified atom stereocenters. The molecule has 0 bridgehead atoms. The lowest BCUT2D eigenvalue weighted by molar-refractivity contribution is 0.652. The van der Waals surface area contributed by atoms with Gasteiger partial charge in [-0.1, -0.05) is 48.0 Å². The van der Waals surface area contributed by atoms with E-state index in [9.17, 15) is 0 Å². The Labute approximate surface area is 110 Å². The van der Waals surface area contributed by atoms with Gasteiger partial charge in [0.25, 0.3) is 0 Å². The molecule has 2 aromatic rings. The summed E-state index contributed by atoms with van der Waals surface area (Å²) in [5, 5.41) is 3.26. The van der Waals surface area contributed by atoms with Gasteiger partial charge in [0.1, 0.15) is 0 Å². The Kier molecular flexibility index (Phi) is 3.83. The molecule has 1 N–H and O–H groups in total.